The number of esters is 1. The topological polar surface area (TPSA) is 46.5 Å². The third-order valence-electron chi connectivity index (χ3n) is 4.09. The predicted molar refractivity (Wildman–Crippen MR) is 60.7 cm³/mol. The van der Waals surface area contributed by atoms with Crippen LogP contribution in [0, 0.1) is 11.3 Å². The van der Waals surface area contributed by atoms with Crippen LogP contribution in [0.2, 0.25) is 0 Å². The van der Waals surface area contributed by atoms with E-state index in [1.54, 1.807) is 6.92 Å². The van der Waals surface area contributed by atoms with Gasteiger partial charge >= 0.3 is 5.97 Å². The minimum absolute atomic E-state index is 0.0907. The van der Waals surface area contributed by atoms with Gasteiger partial charge in [0.05, 0.1) is 6.10 Å². The molecule has 0 heterocycles. The fourth-order valence-electron chi connectivity index (χ4n) is 2.92. The van der Waals surface area contributed by atoms with Crippen LogP contribution in [0.3, 0.4) is 0 Å². The molecule has 0 saturated heterocycles. The summed E-state index contributed by atoms with van der Waals surface area (Å²) in [6.45, 7) is 11.2. The number of hydrogen-bond donors (Lipinski definition) is 1. The zero-order chi connectivity index (χ0) is 12.1. The van der Waals surface area contributed by atoms with Gasteiger partial charge in [0.2, 0.25) is 0 Å². The van der Waals surface area contributed by atoms with Crippen molar-refractivity contribution in [3.05, 3.63) is 24.3 Å². The molecule has 88 valence electrons. The average molecular weight is 222 g/mol. The second-order valence-corrected chi connectivity index (χ2v) is 5.18. The largest absolute Gasteiger partial charge is 0.455 e. The quantitative estimate of drug-likeness (QED) is 0.440. The number of rotatable bonds is 2. The molecular formula is C13H18O3. The number of fused-ring (bicyclic) bond motifs is 2. The van der Waals surface area contributed by atoms with Gasteiger partial charge in [0.25, 0.3) is 0 Å². The summed E-state index contributed by atoms with van der Waals surface area (Å²) in [6, 6.07) is 0. The van der Waals surface area contributed by atoms with Crippen LogP contribution in [0.4, 0.5) is 0 Å². The van der Waals surface area contributed by atoms with E-state index in [1.807, 2.05) is 6.92 Å². The summed E-state index contributed by atoms with van der Waals surface area (Å²) in [5, 5.41) is 10.1. The zero-order valence-electron chi connectivity index (χ0n) is 9.82. The Morgan fingerprint density at radius 1 is 1.62 bits per heavy atom. The highest BCUT2D eigenvalue weighted by Gasteiger charge is 2.59. The van der Waals surface area contributed by atoms with Crippen molar-refractivity contribution < 1.29 is 14.6 Å². The van der Waals surface area contributed by atoms with Crippen molar-refractivity contribution in [2.45, 2.75) is 38.9 Å². The Hall–Kier alpha value is -1.09. The molecule has 0 aliphatic heterocycles. The van der Waals surface area contributed by atoms with Crippen LogP contribution in [-0.4, -0.2) is 23.3 Å². The molecule has 3 nitrogen and oxygen atoms in total. The smallest absolute Gasteiger partial charge is 0.333 e. The minimum atomic E-state index is -0.602. The predicted octanol–water partition coefficient (Wildman–Crippen LogP) is 1.82. The molecule has 4 atom stereocenters. The van der Waals surface area contributed by atoms with Crippen LogP contribution in [-0.2, 0) is 9.53 Å². The van der Waals surface area contributed by atoms with E-state index in [1.165, 1.54) is 0 Å². The third kappa shape index (κ3) is 1.34. The van der Waals surface area contributed by atoms with E-state index >= 15 is 0 Å². The Bertz CT molecular complexity index is 371. The molecule has 2 saturated carbocycles. The minimum Gasteiger partial charge on any atom is -0.455 e. The van der Waals surface area contributed by atoms with Crippen molar-refractivity contribution in [2.24, 2.45) is 11.3 Å². The van der Waals surface area contributed by atoms with Crippen LogP contribution < -0.4 is 0 Å². The fraction of sp³-hybridized carbons (Fsp3) is 0.615. The number of aliphatic hydroxyl groups excluding tert-OH is 1. The van der Waals surface area contributed by atoms with Crippen molar-refractivity contribution in [1.29, 1.82) is 0 Å². The van der Waals surface area contributed by atoms with Crippen molar-refractivity contribution in [1.82, 2.24) is 0 Å². The molecule has 2 aliphatic carbocycles. The molecule has 2 rings (SSSR count). The van der Waals surface area contributed by atoms with Crippen LogP contribution in [0.5, 0.6) is 0 Å². The number of carbonyl (C=O) groups excluding carboxylic acids is 1. The first-order chi connectivity index (χ1) is 7.38. The summed E-state index contributed by atoms with van der Waals surface area (Å²) in [5.41, 5.74) is 1.14. The van der Waals surface area contributed by atoms with E-state index in [-0.39, 0.29) is 11.3 Å². The molecule has 4 unspecified atom stereocenters. The summed E-state index contributed by atoms with van der Waals surface area (Å²) < 4.78 is 5.34. The first-order valence-electron chi connectivity index (χ1n) is 5.62. The van der Waals surface area contributed by atoms with Gasteiger partial charge in [0, 0.05) is 16.9 Å². The lowest BCUT2D eigenvalue weighted by Gasteiger charge is -2.33. The summed E-state index contributed by atoms with van der Waals surface area (Å²) >= 11 is 0. The molecule has 2 fully saturated rings. The molecule has 0 aromatic rings. The summed E-state index contributed by atoms with van der Waals surface area (Å²) in [5.74, 6) is -0.335. The van der Waals surface area contributed by atoms with Gasteiger partial charge in [-0.25, -0.2) is 4.79 Å². The first-order valence-corrected chi connectivity index (χ1v) is 5.62. The van der Waals surface area contributed by atoms with E-state index in [0.29, 0.717) is 5.57 Å². The summed E-state index contributed by atoms with van der Waals surface area (Å²) in [7, 11) is 0. The van der Waals surface area contributed by atoms with Crippen LogP contribution in [0.15, 0.2) is 24.3 Å². The molecule has 0 radical (unpaired) electrons. The molecule has 3 heteroatoms. The van der Waals surface area contributed by atoms with Crippen molar-refractivity contribution in [3.8, 4) is 0 Å². The van der Waals surface area contributed by atoms with Gasteiger partial charge in [0.15, 0.2) is 0 Å². The third-order valence-corrected chi connectivity index (χ3v) is 4.09. The molecule has 2 aliphatic rings. The standard InChI is InChI=1S/C13H18O3/c1-7(2)12(15)16-11-10(14)9-5-6-13(11,4)8(9)3/h9-11,14H,1,3,5-6H2,2,4H3. The van der Waals surface area contributed by atoms with Gasteiger partial charge in [-0.3, -0.25) is 0 Å². The average Bonchev–Trinajstić information content (AvgIpc) is 2.58. The van der Waals surface area contributed by atoms with Crippen molar-refractivity contribution >= 4 is 5.97 Å². The molecule has 0 spiro atoms. The second-order valence-electron chi connectivity index (χ2n) is 5.18. The second kappa shape index (κ2) is 3.45. The molecule has 0 amide bonds. The van der Waals surface area contributed by atoms with E-state index in [2.05, 4.69) is 13.2 Å². The van der Waals surface area contributed by atoms with Crippen LogP contribution >= 0.6 is 0 Å². The maximum Gasteiger partial charge on any atom is 0.333 e. The Labute approximate surface area is 95.8 Å². The van der Waals surface area contributed by atoms with Gasteiger partial charge in [0.1, 0.15) is 6.10 Å². The molecule has 0 aromatic carbocycles. The van der Waals surface area contributed by atoms with Crippen LogP contribution in [0.25, 0.3) is 0 Å². The highest BCUT2D eigenvalue weighted by atomic mass is 16.6. The fourth-order valence-corrected chi connectivity index (χ4v) is 2.92. The summed E-state index contributed by atoms with van der Waals surface area (Å²) in [6.07, 6.45) is 0.816. The van der Waals surface area contributed by atoms with E-state index in [9.17, 15) is 9.90 Å². The lowest BCUT2D eigenvalue weighted by molar-refractivity contribution is -0.158. The van der Waals surface area contributed by atoms with Crippen molar-refractivity contribution in [3.63, 3.8) is 0 Å². The summed E-state index contributed by atoms with van der Waals surface area (Å²) in [4.78, 5) is 11.5. The first kappa shape index (κ1) is 11.4. The van der Waals surface area contributed by atoms with Gasteiger partial charge in [-0.15, -0.1) is 0 Å². The molecule has 16 heavy (non-hydrogen) atoms. The number of aliphatic hydroxyl groups is 1. The lowest BCUT2D eigenvalue weighted by Crippen LogP contribution is -2.41. The Balaban J connectivity index is 2.20. The molecular weight excluding hydrogens is 204 g/mol. The van der Waals surface area contributed by atoms with E-state index in [4.69, 9.17) is 4.74 Å². The lowest BCUT2D eigenvalue weighted by atomic mass is 9.81. The van der Waals surface area contributed by atoms with Gasteiger partial charge in [-0.2, -0.15) is 0 Å². The SMILES string of the molecule is C=C(C)C(=O)OC1C(O)C2CCC1(C)C2=C. The maximum absolute atomic E-state index is 11.5. The Kier molecular flexibility index (Phi) is 2.46. The normalized spacial score (nSPS) is 41.2. The van der Waals surface area contributed by atoms with Gasteiger partial charge in [-0.1, -0.05) is 25.7 Å². The van der Waals surface area contributed by atoms with Gasteiger partial charge in [-0.05, 0) is 19.8 Å². The Morgan fingerprint density at radius 2 is 2.25 bits per heavy atom. The van der Waals surface area contributed by atoms with E-state index < -0.39 is 18.2 Å². The van der Waals surface area contributed by atoms with Crippen LogP contribution in [0.1, 0.15) is 26.7 Å². The van der Waals surface area contributed by atoms with Gasteiger partial charge < -0.3 is 9.84 Å². The molecule has 0 aromatic heterocycles. The Morgan fingerprint density at radius 3 is 2.69 bits per heavy atom. The highest BCUT2D eigenvalue weighted by molar-refractivity contribution is 5.87. The monoisotopic (exact) mass is 222 g/mol. The number of hydrogen-bond acceptors (Lipinski definition) is 3. The zero-order valence-corrected chi connectivity index (χ0v) is 9.82. The molecule has 2 bridgehead atoms. The number of carbonyl (C=O) groups is 1. The van der Waals surface area contributed by atoms with E-state index in [0.717, 1.165) is 18.4 Å². The maximum atomic E-state index is 11.5. The molecule has 1 N–H and O–H groups in total. The number of ether oxygens (including phenoxy) is 1. The van der Waals surface area contributed by atoms with Crippen molar-refractivity contribution in [2.75, 3.05) is 0 Å². The highest BCUT2D eigenvalue weighted by Crippen LogP contribution is 2.58.